The minimum absolute atomic E-state index is 0.227. The Morgan fingerprint density at radius 3 is 2.71 bits per heavy atom. The molecule has 3 nitrogen and oxygen atoms in total. The van der Waals surface area contributed by atoms with Gasteiger partial charge in [-0.25, -0.2) is 0 Å². The molecule has 1 aliphatic heterocycles. The third kappa shape index (κ3) is 2.82. The number of fused-ring (bicyclic) bond motifs is 1. The molecule has 2 aliphatic rings. The number of hydrogen-bond donors (Lipinski definition) is 1. The Kier molecular flexibility index (Phi) is 4.51. The zero-order valence-corrected chi connectivity index (χ0v) is 13.2. The van der Waals surface area contributed by atoms with Gasteiger partial charge in [-0.2, -0.15) is 0 Å². The van der Waals surface area contributed by atoms with Crippen LogP contribution >= 0.6 is 0 Å². The Balaban J connectivity index is 1.76. The van der Waals surface area contributed by atoms with Gasteiger partial charge in [0.05, 0.1) is 6.61 Å². The van der Waals surface area contributed by atoms with E-state index in [0.29, 0.717) is 5.92 Å². The van der Waals surface area contributed by atoms with E-state index in [2.05, 4.69) is 36.1 Å². The van der Waals surface area contributed by atoms with Gasteiger partial charge in [-0.05, 0) is 25.5 Å². The van der Waals surface area contributed by atoms with Crippen molar-refractivity contribution in [3.63, 3.8) is 0 Å². The molecule has 0 spiro atoms. The normalized spacial score (nSPS) is 23.9. The van der Waals surface area contributed by atoms with Crippen LogP contribution in [0.2, 0.25) is 0 Å². The van der Waals surface area contributed by atoms with Crippen molar-refractivity contribution in [3.05, 3.63) is 29.8 Å². The topological polar surface area (TPSA) is 38.5 Å². The van der Waals surface area contributed by atoms with Gasteiger partial charge in [0, 0.05) is 30.1 Å². The summed E-state index contributed by atoms with van der Waals surface area (Å²) in [6.07, 6.45) is 6.53. The first-order chi connectivity index (χ1) is 10.3. The molecule has 0 saturated heterocycles. The van der Waals surface area contributed by atoms with Crippen LogP contribution < -0.4 is 10.5 Å². The molecule has 2 N–H and O–H groups in total. The van der Waals surface area contributed by atoms with Crippen molar-refractivity contribution in [2.75, 3.05) is 26.2 Å². The lowest BCUT2D eigenvalue weighted by molar-refractivity contribution is 0.0538. The standard InChI is InChI=1S/C18H28N2O/c1-2-20(18(14-19)10-6-3-7-11-18)12-15-13-21-17-9-5-4-8-16(15)17/h4-5,8-9,15H,2-3,6-7,10-14,19H2,1H3. The van der Waals surface area contributed by atoms with Crippen molar-refractivity contribution in [2.45, 2.75) is 50.5 Å². The van der Waals surface area contributed by atoms with Gasteiger partial charge in [-0.3, -0.25) is 4.90 Å². The quantitative estimate of drug-likeness (QED) is 0.904. The Morgan fingerprint density at radius 1 is 1.24 bits per heavy atom. The Bertz CT molecular complexity index is 468. The molecule has 1 aliphatic carbocycles. The number of nitrogens with two attached hydrogens (primary N) is 1. The zero-order valence-electron chi connectivity index (χ0n) is 13.2. The van der Waals surface area contributed by atoms with E-state index >= 15 is 0 Å². The molecule has 1 fully saturated rings. The van der Waals surface area contributed by atoms with E-state index in [1.165, 1.54) is 37.7 Å². The number of nitrogens with zero attached hydrogens (tertiary/aromatic N) is 1. The van der Waals surface area contributed by atoms with E-state index in [9.17, 15) is 0 Å². The summed E-state index contributed by atoms with van der Waals surface area (Å²) in [5.74, 6) is 1.57. The summed E-state index contributed by atoms with van der Waals surface area (Å²) in [7, 11) is 0. The monoisotopic (exact) mass is 288 g/mol. The molecule has 1 aromatic rings. The summed E-state index contributed by atoms with van der Waals surface area (Å²) < 4.78 is 5.85. The van der Waals surface area contributed by atoms with E-state index in [-0.39, 0.29) is 5.54 Å². The van der Waals surface area contributed by atoms with Crippen molar-refractivity contribution in [3.8, 4) is 5.75 Å². The van der Waals surface area contributed by atoms with Gasteiger partial charge < -0.3 is 10.5 Å². The minimum atomic E-state index is 0.227. The first-order valence-electron chi connectivity index (χ1n) is 8.46. The molecular weight excluding hydrogens is 260 g/mol. The molecular formula is C18H28N2O. The Hall–Kier alpha value is -1.06. The summed E-state index contributed by atoms with van der Waals surface area (Å²) in [4.78, 5) is 2.64. The fourth-order valence-electron chi connectivity index (χ4n) is 4.16. The zero-order chi connectivity index (χ0) is 14.7. The second-order valence-electron chi connectivity index (χ2n) is 6.57. The van der Waals surface area contributed by atoms with E-state index in [4.69, 9.17) is 10.5 Å². The third-order valence-corrected chi connectivity index (χ3v) is 5.46. The predicted molar refractivity (Wildman–Crippen MR) is 86.8 cm³/mol. The van der Waals surface area contributed by atoms with E-state index in [1.807, 2.05) is 0 Å². The molecule has 21 heavy (non-hydrogen) atoms. The second-order valence-corrected chi connectivity index (χ2v) is 6.57. The molecule has 1 atom stereocenters. The number of para-hydroxylation sites is 1. The lowest BCUT2D eigenvalue weighted by Crippen LogP contribution is -2.56. The SMILES string of the molecule is CCN(CC1COc2ccccc21)C1(CN)CCCCC1. The lowest BCUT2D eigenvalue weighted by Gasteiger charge is -2.46. The van der Waals surface area contributed by atoms with E-state index < -0.39 is 0 Å². The Labute approximate surface area is 128 Å². The molecule has 1 saturated carbocycles. The highest BCUT2D eigenvalue weighted by molar-refractivity contribution is 5.39. The minimum Gasteiger partial charge on any atom is -0.493 e. The average molecular weight is 288 g/mol. The second kappa shape index (κ2) is 6.37. The van der Waals surface area contributed by atoms with Crippen LogP contribution in [0.5, 0.6) is 5.75 Å². The maximum Gasteiger partial charge on any atom is 0.122 e. The predicted octanol–water partition coefficient (Wildman–Crippen LogP) is 3.15. The largest absolute Gasteiger partial charge is 0.493 e. The van der Waals surface area contributed by atoms with Crippen LogP contribution in [0.15, 0.2) is 24.3 Å². The van der Waals surface area contributed by atoms with Crippen molar-refractivity contribution in [1.29, 1.82) is 0 Å². The van der Waals surface area contributed by atoms with Crippen molar-refractivity contribution in [2.24, 2.45) is 5.73 Å². The third-order valence-electron chi connectivity index (χ3n) is 5.46. The van der Waals surface area contributed by atoms with Crippen LogP contribution in [0.25, 0.3) is 0 Å². The molecule has 1 unspecified atom stereocenters. The van der Waals surface area contributed by atoms with Gasteiger partial charge in [0.25, 0.3) is 0 Å². The van der Waals surface area contributed by atoms with Gasteiger partial charge in [0.15, 0.2) is 0 Å². The van der Waals surface area contributed by atoms with Gasteiger partial charge in [-0.15, -0.1) is 0 Å². The molecule has 3 heteroatoms. The highest BCUT2D eigenvalue weighted by Crippen LogP contribution is 2.38. The van der Waals surface area contributed by atoms with Crippen LogP contribution in [0.3, 0.4) is 0 Å². The number of rotatable bonds is 5. The number of ether oxygens (including phenoxy) is 1. The molecule has 0 bridgehead atoms. The smallest absolute Gasteiger partial charge is 0.122 e. The van der Waals surface area contributed by atoms with Gasteiger partial charge in [0.2, 0.25) is 0 Å². The fraction of sp³-hybridized carbons (Fsp3) is 0.667. The molecule has 0 amide bonds. The number of benzene rings is 1. The van der Waals surface area contributed by atoms with Crippen molar-refractivity contribution < 1.29 is 4.74 Å². The summed E-state index contributed by atoms with van der Waals surface area (Å²) >= 11 is 0. The summed E-state index contributed by atoms with van der Waals surface area (Å²) in [6, 6.07) is 8.49. The van der Waals surface area contributed by atoms with E-state index in [1.54, 1.807) is 0 Å². The molecule has 1 heterocycles. The molecule has 116 valence electrons. The van der Waals surface area contributed by atoms with Gasteiger partial charge in [0.1, 0.15) is 5.75 Å². The molecule has 0 radical (unpaired) electrons. The molecule has 1 aromatic carbocycles. The summed E-state index contributed by atoms with van der Waals surface area (Å²) in [5.41, 5.74) is 7.81. The van der Waals surface area contributed by atoms with Gasteiger partial charge in [-0.1, -0.05) is 44.4 Å². The maximum atomic E-state index is 6.21. The molecule has 3 rings (SSSR count). The number of likely N-dealkylation sites (N-methyl/N-ethyl adjacent to an activating group) is 1. The van der Waals surface area contributed by atoms with E-state index in [0.717, 1.165) is 32.0 Å². The first kappa shape index (κ1) is 14.9. The summed E-state index contributed by atoms with van der Waals surface area (Å²) in [6.45, 7) is 6.03. The highest BCUT2D eigenvalue weighted by Gasteiger charge is 2.38. The Morgan fingerprint density at radius 2 is 2.00 bits per heavy atom. The molecule has 0 aromatic heterocycles. The van der Waals surface area contributed by atoms with Crippen LogP contribution in [-0.4, -0.2) is 36.7 Å². The van der Waals surface area contributed by atoms with Gasteiger partial charge >= 0.3 is 0 Å². The van der Waals surface area contributed by atoms with Crippen molar-refractivity contribution >= 4 is 0 Å². The van der Waals surface area contributed by atoms with Crippen LogP contribution in [0.4, 0.5) is 0 Å². The fourth-order valence-corrected chi connectivity index (χ4v) is 4.16. The van der Waals surface area contributed by atoms with Crippen molar-refractivity contribution in [1.82, 2.24) is 4.90 Å². The van der Waals surface area contributed by atoms with Crippen LogP contribution in [0, 0.1) is 0 Å². The lowest BCUT2D eigenvalue weighted by atomic mass is 9.79. The first-order valence-corrected chi connectivity index (χ1v) is 8.46. The number of hydrogen-bond acceptors (Lipinski definition) is 3. The summed E-state index contributed by atoms with van der Waals surface area (Å²) in [5, 5.41) is 0. The average Bonchev–Trinajstić information content (AvgIpc) is 2.96. The van der Waals surface area contributed by atoms with Crippen LogP contribution in [-0.2, 0) is 0 Å². The van der Waals surface area contributed by atoms with Crippen LogP contribution in [0.1, 0.15) is 50.5 Å². The highest BCUT2D eigenvalue weighted by atomic mass is 16.5. The maximum absolute atomic E-state index is 6.21.